The molecule has 176 valence electrons. The number of rotatable bonds is 9. The van der Waals surface area contributed by atoms with Crippen molar-refractivity contribution >= 4 is 29.4 Å². The standard InChI is InChI=1S/C23H30N6O2S2/c1-15-7-4-5-9-19(15)26-21(30)14-33-23-28-27-20(29(23)12-18-8-6-10-31-18)13-32-22-24-16(2)11-17(3)25-22/h6,8,10-11,15,19H,4-5,7,9,12-14H2,1-3H3,(H,26,30)/t15-,19-/m0/s1. The van der Waals surface area contributed by atoms with E-state index in [1.807, 2.05) is 36.6 Å². The van der Waals surface area contributed by atoms with Gasteiger partial charge in [-0.2, -0.15) is 0 Å². The van der Waals surface area contributed by atoms with Crippen LogP contribution in [0, 0.1) is 19.8 Å². The molecule has 1 N–H and O–H groups in total. The lowest BCUT2D eigenvalue weighted by Gasteiger charge is -2.29. The molecule has 0 unspecified atom stereocenters. The quantitative estimate of drug-likeness (QED) is 0.351. The van der Waals surface area contributed by atoms with Crippen molar-refractivity contribution < 1.29 is 9.21 Å². The van der Waals surface area contributed by atoms with E-state index >= 15 is 0 Å². The van der Waals surface area contributed by atoms with Gasteiger partial charge >= 0.3 is 0 Å². The number of carbonyl (C=O) groups excluding carboxylic acids is 1. The van der Waals surface area contributed by atoms with Gasteiger partial charge in [0.05, 0.1) is 24.3 Å². The Kier molecular flexibility index (Phi) is 8.08. The maximum absolute atomic E-state index is 12.6. The zero-order valence-electron chi connectivity index (χ0n) is 19.3. The molecule has 1 amide bonds. The fourth-order valence-electron chi connectivity index (χ4n) is 4.05. The van der Waals surface area contributed by atoms with Gasteiger partial charge in [0.1, 0.15) is 11.6 Å². The number of nitrogens with one attached hydrogen (secondary N) is 1. The van der Waals surface area contributed by atoms with Gasteiger partial charge in [-0.05, 0) is 50.8 Å². The maximum atomic E-state index is 12.6. The smallest absolute Gasteiger partial charge is 0.230 e. The molecular weight excluding hydrogens is 456 g/mol. The van der Waals surface area contributed by atoms with E-state index in [1.165, 1.54) is 42.8 Å². The van der Waals surface area contributed by atoms with E-state index in [2.05, 4.69) is 32.4 Å². The average molecular weight is 487 g/mol. The Morgan fingerprint density at radius 2 is 1.97 bits per heavy atom. The number of amides is 1. The Bertz CT molecular complexity index is 1050. The molecule has 0 spiro atoms. The summed E-state index contributed by atoms with van der Waals surface area (Å²) in [5.74, 6) is 3.07. The highest BCUT2D eigenvalue weighted by atomic mass is 32.2. The summed E-state index contributed by atoms with van der Waals surface area (Å²) in [6, 6.07) is 6.02. The van der Waals surface area contributed by atoms with Gasteiger partial charge < -0.3 is 9.73 Å². The molecule has 2 atom stereocenters. The van der Waals surface area contributed by atoms with E-state index in [-0.39, 0.29) is 11.9 Å². The molecule has 3 heterocycles. The molecule has 4 rings (SSSR count). The summed E-state index contributed by atoms with van der Waals surface area (Å²) in [5.41, 5.74) is 1.88. The summed E-state index contributed by atoms with van der Waals surface area (Å²) < 4.78 is 7.56. The summed E-state index contributed by atoms with van der Waals surface area (Å²) in [6.45, 7) is 6.66. The predicted octanol–water partition coefficient (Wildman–Crippen LogP) is 4.41. The molecular formula is C23H30N6O2S2. The van der Waals surface area contributed by atoms with E-state index in [0.717, 1.165) is 34.5 Å². The minimum atomic E-state index is 0.0471. The van der Waals surface area contributed by atoms with Gasteiger partial charge in [0, 0.05) is 17.4 Å². The fraction of sp³-hybridized carbons (Fsp3) is 0.522. The normalized spacial score (nSPS) is 18.4. The summed E-state index contributed by atoms with van der Waals surface area (Å²) in [6.07, 6.45) is 6.34. The van der Waals surface area contributed by atoms with Crippen LogP contribution < -0.4 is 5.32 Å². The van der Waals surface area contributed by atoms with Crippen LogP contribution in [0.5, 0.6) is 0 Å². The first-order chi connectivity index (χ1) is 16.0. The third kappa shape index (κ3) is 6.60. The third-order valence-corrected chi connectivity index (χ3v) is 7.58. The van der Waals surface area contributed by atoms with Crippen molar-refractivity contribution in [3.8, 4) is 0 Å². The molecule has 33 heavy (non-hydrogen) atoms. The van der Waals surface area contributed by atoms with Crippen molar-refractivity contribution in [1.82, 2.24) is 30.0 Å². The lowest BCUT2D eigenvalue weighted by molar-refractivity contribution is -0.119. The number of thioether (sulfide) groups is 2. The van der Waals surface area contributed by atoms with Crippen LogP contribution in [0.2, 0.25) is 0 Å². The highest BCUT2D eigenvalue weighted by Gasteiger charge is 2.23. The average Bonchev–Trinajstić information content (AvgIpc) is 3.42. The Hall–Kier alpha value is -2.33. The first-order valence-electron chi connectivity index (χ1n) is 11.3. The molecule has 1 aliphatic carbocycles. The SMILES string of the molecule is Cc1cc(C)nc(SCc2nnc(SCC(=O)N[C@H]3CCCC[C@@H]3C)n2Cc2ccco2)n1. The number of hydrogen-bond donors (Lipinski definition) is 1. The molecule has 1 fully saturated rings. The molecule has 0 radical (unpaired) electrons. The van der Waals surface area contributed by atoms with Crippen LogP contribution in [0.4, 0.5) is 0 Å². The number of furan rings is 1. The van der Waals surface area contributed by atoms with Gasteiger partial charge in [-0.25, -0.2) is 9.97 Å². The Morgan fingerprint density at radius 1 is 1.18 bits per heavy atom. The number of aryl methyl sites for hydroxylation is 2. The van der Waals surface area contributed by atoms with Crippen LogP contribution >= 0.6 is 23.5 Å². The highest BCUT2D eigenvalue weighted by Crippen LogP contribution is 2.26. The van der Waals surface area contributed by atoms with E-state index in [1.54, 1.807) is 6.26 Å². The number of nitrogens with zero attached hydrogens (tertiary/aromatic N) is 5. The van der Waals surface area contributed by atoms with Gasteiger partial charge in [0.2, 0.25) is 5.91 Å². The van der Waals surface area contributed by atoms with Crippen LogP contribution in [0.15, 0.2) is 39.2 Å². The van der Waals surface area contributed by atoms with Gasteiger partial charge in [-0.1, -0.05) is 43.3 Å². The minimum Gasteiger partial charge on any atom is -0.467 e. The van der Waals surface area contributed by atoms with Crippen LogP contribution in [0.25, 0.3) is 0 Å². The van der Waals surface area contributed by atoms with Crippen molar-refractivity contribution in [2.24, 2.45) is 5.92 Å². The zero-order chi connectivity index (χ0) is 23.2. The van der Waals surface area contributed by atoms with Crippen molar-refractivity contribution in [1.29, 1.82) is 0 Å². The first-order valence-corrected chi connectivity index (χ1v) is 13.3. The van der Waals surface area contributed by atoms with Crippen molar-refractivity contribution in [2.75, 3.05) is 5.75 Å². The number of carbonyl (C=O) groups is 1. The number of aromatic nitrogens is 5. The Balaban J connectivity index is 1.43. The Morgan fingerprint density at radius 3 is 2.70 bits per heavy atom. The van der Waals surface area contributed by atoms with E-state index in [9.17, 15) is 4.79 Å². The van der Waals surface area contributed by atoms with Gasteiger partial charge in [-0.15, -0.1) is 10.2 Å². The van der Waals surface area contributed by atoms with E-state index in [4.69, 9.17) is 4.42 Å². The topological polar surface area (TPSA) is 98.7 Å². The molecule has 3 aromatic rings. The largest absolute Gasteiger partial charge is 0.467 e. The summed E-state index contributed by atoms with van der Waals surface area (Å²) >= 11 is 2.93. The molecule has 0 aliphatic heterocycles. The molecule has 0 bridgehead atoms. The minimum absolute atomic E-state index is 0.0471. The van der Waals surface area contributed by atoms with Gasteiger partial charge in [0.25, 0.3) is 0 Å². The van der Waals surface area contributed by atoms with Crippen molar-refractivity contribution in [3.63, 3.8) is 0 Å². The van der Waals surface area contributed by atoms with E-state index in [0.29, 0.717) is 29.1 Å². The second kappa shape index (κ2) is 11.2. The molecule has 1 saturated carbocycles. The molecule has 10 heteroatoms. The highest BCUT2D eigenvalue weighted by molar-refractivity contribution is 7.99. The zero-order valence-corrected chi connectivity index (χ0v) is 20.9. The monoisotopic (exact) mass is 486 g/mol. The lowest BCUT2D eigenvalue weighted by atomic mass is 9.86. The first kappa shape index (κ1) is 23.8. The second-order valence-electron chi connectivity index (χ2n) is 8.51. The molecule has 3 aromatic heterocycles. The van der Waals surface area contributed by atoms with Crippen LogP contribution in [-0.2, 0) is 17.1 Å². The second-order valence-corrected chi connectivity index (χ2v) is 10.4. The summed E-state index contributed by atoms with van der Waals surface area (Å²) in [5, 5.41) is 13.4. The molecule has 8 nitrogen and oxygen atoms in total. The summed E-state index contributed by atoms with van der Waals surface area (Å²) in [4.78, 5) is 21.6. The van der Waals surface area contributed by atoms with Crippen molar-refractivity contribution in [3.05, 3.63) is 47.4 Å². The maximum Gasteiger partial charge on any atom is 0.230 e. The molecule has 0 aromatic carbocycles. The van der Waals surface area contributed by atoms with Gasteiger partial charge in [0.15, 0.2) is 10.3 Å². The predicted molar refractivity (Wildman–Crippen MR) is 129 cm³/mol. The van der Waals surface area contributed by atoms with Crippen LogP contribution in [-0.4, -0.2) is 42.4 Å². The molecule has 0 saturated heterocycles. The van der Waals surface area contributed by atoms with Crippen LogP contribution in [0.1, 0.15) is 55.6 Å². The third-order valence-electron chi connectivity index (χ3n) is 5.77. The van der Waals surface area contributed by atoms with Crippen molar-refractivity contribution in [2.45, 2.75) is 75.1 Å². The van der Waals surface area contributed by atoms with Gasteiger partial charge in [-0.3, -0.25) is 9.36 Å². The lowest BCUT2D eigenvalue weighted by Crippen LogP contribution is -2.41. The number of hydrogen-bond acceptors (Lipinski definition) is 8. The summed E-state index contributed by atoms with van der Waals surface area (Å²) in [7, 11) is 0. The molecule has 1 aliphatic rings. The van der Waals surface area contributed by atoms with Crippen LogP contribution in [0.3, 0.4) is 0 Å². The fourth-order valence-corrected chi connectivity index (χ4v) is 5.70. The Labute approximate surface area is 202 Å². The van der Waals surface area contributed by atoms with E-state index < -0.39 is 0 Å².